The van der Waals surface area contributed by atoms with Gasteiger partial charge in [0.25, 0.3) is 0 Å². The first kappa shape index (κ1) is 9.01. The number of nitrogens with one attached hydrogen (secondary N) is 1. The van der Waals surface area contributed by atoms with Crippen LogP contribution in [-0.4, -0.2) is 24.3 Å². The number of hydrogen-bond donors (Lipinski definition) is 2. The average Bonchev–Trinajstić information content (AvgIpc) is 2.80. The summed E-state index contributed by atoms with van der Waals surface area (Å²) in [6.07, 6.45) is 4.86. The standard InChI is InChI=1S/C9H19NO/c1-8(3-2-6-11)10-7-9-4-5-9/h8-11H,2-7H2,1H3/t8-/m1/s1. The summed E-state index contributed by atoms with van der Waals surface area (Å²) in [5, 5.41) is 12.0. The zero-order valence-corrected chi connectivity index (χ0v) is 7.34. The molecular weight excluding hydrogens is 138 g/mol. The van der Waals surface area contributed by atoms with Crippen LogP contribution in [0.25, 0.3) is 0 Å². The van der Waals surface area contributed by atoms with Crippen molar-refractivity contribution in [2.75, 3.05) is 13.2 Å². The normalized spacial score (nSPS) is 20.2. The van der Waals surface area contributed by atoms with E-state index in [-0.39, 0.29) is 0 Å². The van der Waals surface area contributed by atoms with Crippen LogP contribution in [0.4, 0.5) is 0 Å². The summed E-state index contributed by atoms with van der Waals surface area (Å²) < 4.78 is 0. The van der Waals surface area contributed by atoms with Gasteiger partial charge in [0, 0.05) is 12.6 Å². The van der Waals surface area contributed by atoms with Crippen LogP contribution in [0.3, 0.4) is 0 Å². The molecule has 0 unspecified atom stereocenters. The lowest BCUT2D eigenvalue weighted by Crippen LogP contribution is -2.28. The van der Waals surface area contributed by atoms with Gasteiger partial charge in [-0.25, -0.2) is 0 Å². The van der Waals surface area contributed by atoms with Crippen LogP contribution in [-0.2, 0) is 0 Å². The fraction of sp³-hybridized carbons (Fsp3) is 1.00. The Hall–Kier alpha value is -0.0800. The summed E-state index contributed by atoms with van der Waals surface area (Å²) in [6.45, 7) is 3.71. The summed E-state index contributed by atoms with van der Waals surface area (Å²) in [6, 6.07) is 0.586. The molecule has 0 saturated heterocycles. The van der Waals surface area contributed by atoms with Crippen molar-refractivity contribution in [2.24, 2.45) is 5.92 Å². The second-order valence-corrected chi connectivity index (χ2v) is 3.62. The van der Waals surface area contributed by atoms with E-state index in [1.165, 1.54) is 19.4 Å². The Morgan fingerprint density at radius 1 is 1.55 bits per heavy atom. The van der Waals surface area contributed by atoms with Crippen LogP contribution in [0, 0.1) is 5.92 Å². The zero-order chi connectivity index (χ0) is 8.10. The number of rotatable bonds is 6. The number of hydrogen-bond acceptors (Lipinski definition) is 2. The van der Waals surface area contributed by atoms with Gasteiger partial charge in [0.1, 0.15) is 0 Å². The molecule has 1 saturated carbocycles. The van der Waals surface area contributed by atoms with Crippen molar-refractivity contribution in [3.63, 3.8) is 0 Å². The topological polar surface area (TPSA) is 32.3 Å². The van der Waals surface area contributed by atoms with E-state index in [9.17, 15) is 0 Å². The van der Waals surface area contributed by atoms with Crippen molar-refractivity contribution in [1.29, 1.82) is 0 Å². The molecule has 2 nitrogen and oxygen atoms in total. The van der Waals surface area contributed by atoms with E-state index in [4.69, 9.17) is 5.11 Å². The average molecular weight is 157 g/mol. The minimum Gasteiger partial charge on any atom is -0.396 e. The molecule has 1 fully saturated rings. The predicted molar refractivity (Wildman–Crippen MR) is 46.5 cm³/mol. The quantitative estimate of drug-likeness (QED) is 0.606. The van der Waals surface area contributed by atoms with Gasteiger partial charge >= 0.3 is 0 Å². The Morgan fingerprint density at radius 3 is 2.82 bits per heavy atom. The minimum absolute atomic E-state index is 0.329. The van der Waals surface area contributed by atoms with Crippen molar-refractivity contribution in [2.45, 2.75) is 38.6 Å². The van der Waals surface area contributed by atoms with E-state index in [0.29, 0.717) is 12.6 Å². The summed E-state index contributed by atoms with van der Waals surface area (Å²) in [4.78, 5) is 0. The molecule has 0 spiro atoms. The van der Waals surface area contributed by atoms with E-state index in [0.717, 1.165) is 18.8 Å². The van der Waals surface area contributed by atoms with E-state index in [2.05, 4.69) is 12.2 Å². The highest BCUT2D eigenvalue weighted by atomic mass is 16.2. The molecule has 0 aromatic carbocycles. The maximum absolute atomic E-state index is 8.58. The van der Waals surface area contributed by atoms with Gasteiger partial charge in [-0.15, -0.1) is 0 Å². The van der Waals surface area contributed by atoms with Gasteiger partial charge in [0.15, 0.2) is 0 Å². The molecule has 66 valence electrons. The molecule has 2 N–H and O–H groups in total. The van der Waals surface area contributed by atoms with Crippen LogP contribution in [0.5, 0.6) is 0 Å². The maximum Gasteiger partial charge on any atom is 0.0431 e. The highest BCUT2D eigenvalue weighted by Gasteiger charge is 2.20. The Labute approximate surface area is 69.0 Å². The van der Waals surface area contributed by atoms with Crippen LogP contribution < -0.4 is 5.32 Å². The second-order valence-electron chi connectivity index (χ2n) is 3.62. The third-order valence-corrected chi connectivity index (χ3v) is 2.25. The third kappa shape index (κ3) is 4.38. The van der Waals surface area contributed by atoms with E-state index < -0.39 is 0 Å². The molecule has 0 amide bonds. The van der Waals surface area contributed by atoms with Crippen LogP contribution in [0.15, 0.2) is 0 Å². The van der Waals surface area contributed by atoms with Crippen molar-refractivity contribution >= 4 is 0 Å². The van der Waals surface area contributed by atoms with Crippen LogP contribution in [0.2, 0.25) is 0 Å². The van der Waals surface area contributed by atoms with Crippen molar-refractivity contribution < 1.29 is 5.11 Å². The van der Waals surface area contributed by atoms with Crippen molar-refractivity contribution in [1.82, 2.24) is 5.32 Å². The molecule has 0 aliphatic heterocycles. The molecule has 0 heterocycles. The molecule has 2 heteroatoms. The molecule has 1 aliphatic rings. The van der Waals surface area contributed by atoms with Gasteiger partial charge in [-0.2, -0.15) is 0 Å². The summed E-state index contributed by atoms with van der Waals surface area (Å²) in [7, 11) is 0. The molecule has 1 atom stereocenters. The fourth-order valence-electron chi connectivity index (χ4n) is 1.19. The fourth-order valence-corrected chi connectivity index (χ4v) is 1.19. The van der Waals surface area contributed by atoms with Gasteiger partial charge in [-0.05, 0) is 45.1 Å². The summed E-state index contributed by atoms with van der Waals surface area (Å²) in [5.41, 5.74) is 0. The first-order chi connectivity index (χ1) is 5.33. The van der Waals surface area contributed by atoms with Gasteiger partial charge in [-0.1, -0.05) is 0 Å². The summed E-state index contributed by atoms with van der Waals surface area (Å²) in [5.74, 6) is 0.964. The molecule has 0 radical (unpaired) electrons. The monoisotopic (exact) mass is 157 g/mol. The molecule has 1 aliphatic carbocycles. The third-order valence-electron chi connectivity index (χ3n) is 2.25. The lowest BCUT2D eigenvalue weighted by atomic mass is 10.2. The van der Waals surface area contributed by atoms with Crippen molar-refractivity contribution in [3.05, 3.63) is 0 Å². The molecule has 0 aromatic heterocycles. The summed E-state index contributed by atoms with van der Waals surface area (Å²) >= 11 is 0. The largest absolute Gasteiger partial charge is 0.396 e. The molecule has 0 bridgehead atoms. The van der Waals surface area contributed by atoms with Gasteiger partial charge in [0.2, 0.25) is 0 Å². The predicted octanol–water partition coefficient (Wildman–Crippen LogP) is 1.15. The lowest BCUT2D eigenvalue weighted by Gasteiger charge is -2.11. The van der Waals surface area contributed by atoms with Crippen molar-refractivity contribution in [3.8, 4) is 0 Å². The van der Waals surface area contributed by atoms with E-state index in [1.54, 1.807) is 0 Å². The zero-order valence-electron chi connectivity index (χ0n) is 7.34. The highest BCUT2D eigenvalue weighted by Crippen LogP contribution is 2.27. The number of aliphatic hydroxyl groups is 1. The second kappa shape index (κ2) is 4.73. The lowest BCUT2D eigenvalue weighted by molar-refractivity contribution is 0.276. The van der Waals surface area contributed by atoms with Crippen LogP contribution >= 0.6 is 0 Å². The Balaban J connectivity index is 1.87. The smallest absolute Gasteiger partial charge is 0.0431 e. The Bertz CT molecular complexity index is 102. The minimum atomic E-state index is 0.329. The van der Waals surface area contributed by atoms with Gasteiger partial charge in [-0.3, -0.25) is 0 Å². The molecule has 1 rings (SSSR count). The first-order valence-electron chi connectivity index (χ1n) is 4.67. The first-order valence-corrected chi connectivity index (χ1v) is 4.67. The van der Waals surface area contributed by atoms with Gasteiger partial charge in [0.05, 0.1) is 0 Å². The molecule has 0 aromatic rings. The van der Waals surface area contributed by atoms with E-state index >= 15 is 0 Å². The highest BCUT2D eigenvalue weighted by molar-refractivity contribution is 4.76. The number of aliphatic hydroxyl groups excluding tert-OH is 1. The molecular formula is C9H19NO. The maximum atomic E-state index is 8.58. The Kier molecular flexibility index (Phi) is 3.87. The van der Waals surface area contributed by atoms with Gasteiger partial charge < -0.3 is 10.4 Å². The van der Waals surface area contributed by atoms with Crippen LogP contribution in [0.1, 0.15) is 32.6 Å². The van der Waals surface area contributed by atoms with E-state index in [1.807, 2.05) is 0 Å². The Morgan fingerprint density at radius 2 is 2.27 bits per heavy atom. The SMILES string of the molecule is C[C@H](CCCO)NCC1CC1. The molecule has 11 heavy (non-hydrogen) atoms.